The van der Waals surface area contributed by atoms with Gasteiger partial charge in [-0.25, -0.2) is 12.8 Å². The Morgan fingerprint density at radius 2 is 1.70 bits per heavy atom. The lowest BCUT2D eigenvalue weighted by molar-refractivity contribution is -0.125. The highest BCUT2D eigenvalue weighted by molar-refractivity contribution is 7.89. The van der Waals surface area contributed by atoms with Crippen molar-refractivity contribution < 1.29 is 22.4 Å². The zero-order valence-corrected chi connectivity index (χ0v) is 17.9. The van der Waals surface area contributed by atoms with Crippen LogP contribution in [0, 0.1) is 24.6 Å². The molecule has 3 rings (SSSR count). The number of halogens is 1. The first-order chi connectivity index (χ1) is 14.1. The molecule has 0 radical (unpaired) electrons. The minimum atomic E-state index is -4.00. The number of nitrogens with one attached hydrogen (secondary N) is 1. The number of aryl methyl sites for hydroxylation is 1. The first-order valence-electron chi connectivity index (χ1n) is 9.77. The van der Waals surface area contributed by atoms with Gasteiger partial charge in [0.05, 0.1) is 10.8 Å². The van der Waals surface area contributed by atoms with Gasteiger partial charge in [0.25, 0.3) is 0 Å². The molecular weight excluding hydrogens is 407 g/mol. The highest BCUT2D eigenvalue weighted by Gasteiger charge is 2.46. The molecule has 6 nitrogen and oxygen atoms in total. The molecule has 1 heterocycles. The molecule has 160 valence electrons. The van der Waals surface area contributed by atoms with E-state index in [1.807, 2.05) is 0 Å². The fourth-order valence-corrected chi connectivity index (χ4v) is 5.44. The number of amides is 1. The van der Waals surface area contributed by atoms with E-state index in [0.29, 0.717) is 5.56 Å². The summed E-state index contributed by atoms with van der Waals surface area (Å²) in [5.41, 5.74) is 0.707. The van der Waals surface area contributed by atoms with Gasteiger partial charge in [-0.05, 0) is 44.5 Å². The molecule has 0 bridgehead atoms. The molecule has 2 atom stereocenters. The van der Waals surface area contributed by atoms with Crippen LogP contribution in [0.15, 0.2) is 53.4 Å². The molecule has 1 fully saturated rings. The molecule has 1 saturated heterocycles. The molecule has 1 aliphatic rings. The third-order valence-electron chi connectivity index (χ3n) is 5.20. The summed E-state index contributed by atoms with van der Waals surface area (Å²) < 4.78 is 41.1. The van der Waals surface area contributed by atoms with Crippen molar-refractivity contribution in [2.24, 2.45) is 11.8 Å². The van der Waals surface area contributed by atoms with Gasteiger partial charge in [-0.3, -0.25) is 9.59 Å². The number of hydrogen-bond acceptors (Lipinski definition) is 4. The molecule has 0 unspecified atom stereocenters. The van der Waals surface area contributed by atoms with Gasteiger partial charge < -0.3 is 5.32 Å². The van der Waals surface area contributed by atoms with Crippen LogP contribution in [-0.2, 0) is 14.8 Å². The van der Waals surface area contributed by atoms with E-state index in [-0.39, 0.29) is 41.3 Å². The number of carbonyl (C=O) groups is 2. The van der Waals surface area contributed by atoms with Crippen molar-refractivity contribution in [3.8, 4) is 0 Å². The zero-order chi connectivity index (χ0) is 22.1. The van der Waals surface area contributed by atoms with E-state index >= 15 is 0 Å². The van der Waals surface area contributed by atoms with Crippen LogP contribution in [0.4, 0.5) is 4.39 Å². The highest BCUT2D eigenvalue weighted by atomic mass is 32.2. The van der Waals surface area contributed by atoms with E-state index < -0.39 is 27.7 Å². The quantitative estimate of drug-likeness (QED) is 0.712. The molecule has 0 saturated carbocycles. The standard InChI is InChI=1S/C22H25FN2O4S/c1-14(2)24-22(27)19-13-25(12-18(19)21(26)16-7-5-4-6-8-16)30(28,29)20-10-9-17(23)11-15(20)3/h4-11,14,18-19H,12-13H2,1-3H3,(H,24,27)/t18-,19-/m1/s1. The Hall–Kier alpha value is -2.58. The molecule has 2 aromatic rings. The van der Waals surface area contributed by atoms with E-state index in [4.69, 9.17) is 0 Å². The lowest BCUT2D eigenvalue weighted by atomic mass is 9.87. The van der Waals surface area contributed by atoms with Crippen LogP contribution in [0.1, 0.15) is 29.8 Å². The predicted molar refractivity (Wildman–Crippen MR) is 111 cm³/mol. The maximum atomic E-state index is 13.5. The largest absolute Gasteiger partial charge is 0.354 e. The van der Waals surface area contributed by atoms with Crippen LogP contribution in [0.3, 0.4) is 0 Å². The summed E-state index contributed by atoms with van der Waals surface area (Å²) in [7, 11) is -4.00. The van der Waals surface area contributed by atoms with Crippen molar-refractivity contribution in [3.05, 3.63) is 65.5 Å². The van der Waals surface area contributed by atoms with Gasteiger partial charge >= 0.3 is 0 Å². The van der Waals surface area contributed by atoms with E-state index in [2.05, 4.69) is 5.32 Å². The summed E-state index contributed by atoms with van der Waals surface area (Å²) in [5, 5.41) is 2.79. The second kappa shape index (κ2) is 8.65. The maximum absolute atomic E-state index is 13.5. The van der Waals surface area contributed by atoms with Crippen molar-refractivity contribution in [1.82, 2.24) is 9.62 Å². The number of Topliss-reactive ketones (excluding diaryl/α,β-unsaturated/α-hetero) is 1. The van der Waals surface area contributed by atoms with Gasteiger partial charge in [-0.15, -0.1) is 0 Å². The summed E-state index contributed by atoms with van der Waals surface area (Å²) >= 11 is 0. The minimum Gasteiger partial charge on any atom is -0.354 e. The summed E-state index contributed by atoms with van der Waals surface area (Å²) in [6.45, 7) is 4.90. The normalized spacial score (nSPS) is 19.8. The molecular formula is C22H25FN2O4S. The van der Waals surface area contributed by atoms with E-state index in [9.17, 15) is 22.4 Å². The summed E-state index contributed by atoms with van der Waals surface area (Å²) in [6.07, 6.45) is 0. The van der Waals surface area contributed by atoms with Crippen LogP contribution in [0.25, 0.3) is 0 Å². The van der Waals surface area contributed by atoms with Crippen LogP contribution in [0.5, 0.6) is 0 Å². The minimum absolute atomic E-state index is 0.0280. The van der Waals surface area contributed by atoms with Crippen molar-refractivity contribution in [1.29, 1.82) is 0 Å². The Bertz CT molecular complexity index is 1050. The Labute approximate surface area is 176 Å². The third kappa shape index (κ3) is 4.44. The van der Waals surface area contributed by atoms with Crippen LogP contribution < -0.4 is 5.32 Å². The van der Waals surface area contributed by atoms with E-state index in [1.54, 1.807) is 44.2 Å². The summed E-state index contributed by atoms with van der Waals surface area (Å²) in [5.74, 6) is -2.77. The highest BCUT2D eigenvalue weighted by Crippen LogP contribution is 2.32. The lowest BCUT2D eigenvalue weighted by Crippen LogP contribution is -2.40. The van der Waals surface area contributed by atoms with Crippen LogP contribution in [0.2, 0.25) is 0 Å². The lowest BCUT2D eigenvalue weighted by Gasteiger charge is -2.18. The number of rotatable bonds is 6. The number of ketones is 1. The Kier molecular flexibility index (Phi) is 6.38. The average molecular weight is 433 g/mol. The van der Waals surface area contributed by atoms with Crippen LogP contribution in [-0.4, -0.2) is 43.5 Å². The van der Waals surface area contributed by atoms with Crippen LogP contribution >= 0.6 is 0 Å². The van der Waals surface area contributed by atoms with Gasteiger partial charge in [-0.2, -0.15) is 4.31 Å². The number of sulfonamides is 1. The number of benzene rings is 2. The Balaban J connectivity index is 1.96. The summed E-state index contributed by atoms with van der Waals surface area (Å²) in [6, 6.07) is 11.9. The van der Waals surface area contributed by atoms with Crippen molar-refractivity contribution in [2.75, 3.05) is 13.1 Å². The predicted octanol–water partition coefficient (Wildman–Crippen LogP) is 2.78. The smallest absolute Gasteiger partial charge is 0.243 e. The molecule has 0 spiro atoms. The fraction of sp³-hybridized carbons (Fsp3) is 0.364. The van der Waals surface area contributed by atoms with Gasteiger partial charge in [-0.1, -0.05) is 30.3 Å². The van der Waals surface area contributed by atoms with Crippen molar-refractivity contribution in [2.45, 2.75) is 31.7 Å². The SMILES string of the molecule is Cc1cc(F)ccc1S(=O)(=O)N1C[C@@H](C(=O)NC(C)C)[C@H](C(=O)c2ccccc2)C1. The monoisotopic (exact) mass is 432 g/mol. The number of carbonyl (C=O) groups excluding carboxylic acids is 2. The molecule has 2 aromatic carbocycles. The second-order valence-electron chi connectivity index (χ2n) is 7.84. The fourth-order valence-electron chi connectivity index (χ4n) is 3.74. The first-order valence-corrected chi connectivity index (χ1v) is 11.2. The second-order valence-corrected chi connectivity index (χ2v) is 9.74. The average Bonchev–Trinajstić information content (AvgIpc) is 3.14. The number of nitrogens with zero attached hydrogens (tertiary/aromatic N) is 1. The molecule has 8 heteroatoms. The Morgan fingerprint density at radius 1 is 1.07 bits per heavy atom. The molecule has 1 aliphatic heterocycles. The Morgan fingerprint density at radius 3 is 2.30 bits per heavy atom. The molecule has 0 aliphatic carbocycles. The molecule has 1 N–H and O–H groups in total. The third-order valence-corrected chi connectivity index (χ3v) is 7.20. The van der Waals surface area contributed by atoms with Gasteiger partial charge in [0.2, 0.25) is 15.9 Å². The van der Waals surface area contributed by atoms with E-state index in [1.165, 1.54) is 13.0 Å². The molecule has 0 aromatic heterocycles. The molecule has 1 amide bonds. The topological polar surface area (TPSA) is 83.6 Å². The summed E-state index contributed by atoms with van der Waals surface area (Å²) in [4.78, 5) is 25.9. The maximum Gasteiger partial charge on any atom is 0.243 e. The van der Waals surface area contributed by atoms with E-state index in [0.717, 1.165) is 16.4 Å². The number of hydrogen-bond donors (Lipinski definition) is 1. The zero-order valence-electron chi connectivity index (χ0n) is 17.1. The van der Waals surface area contributed by atoms with Gasteiger partial charge in [0.15, 0.2) is 5.78 Å². The molecule has 30 heavy (non-hydrogen) atoms. The van der Waals surface area contributed by atoms with Gasteiger partial charge in [0, 0.05) is 30.6 Å². The van der Waals surface area contributed by atoms with Gasteiger partial charge in [0.1, 0.15) is 5.82 Å². The first kappa shape index (κ1) is 22.1. The van der Waals surface area contributed by atoms with Crippen molar-refractivity contribution in [3.63, 3.8) is 0 Å². The van der Waals surface area contributed by atoms with Crippen molar-refractivity contribution >= 4 is 21.7 Å².